The Bertz CT molecular complexity index is 383. The summed E-state index contributed by atoms with van der Waals surface area (Å²) in [5, 5.41) is 12.7. The summed E-state index contributed by atoms with van der Waals surface area (Å²) in [7, 11) is 0. The van der Waals surface area contributed by atoms with Crippen LogP contribution in [-0.2, 0) is 10.4 Å². The van der Waals surface area contributed by atoms with E-state index in [4.69, 9.17) is 5.73 Å². The lowest BCUT2D eigenvalue weighted by atomic mass is 9.92. The number of carbonyl (C=O) groups excluding carboxylic acids is 1. The fraction of sp³-hybridized carbons (Fsp3) is 0.300. The molecule has 0 bridgehead atoms. The van der Waals surface area contributed by atoms with E-state index in [1.807, 2.05) is 6.07 Å². The van der Waals surface area contributed by atoms with Gasteiger partial charge in [-0.1, -0.05) is 18.2 Å². The molecule has 1 amide bonds. The molecule has 1 aliphatic rings. The van der Waals surface area contributed by atoms with Crippen LogP contribution in [0.3, 0.4) is 0 Å². The number of fused-ring (bicyclic) bond motifs is 1. The lowest BCUT2D eigenvalue weighted by Crippen LogP contribution is -2.36. The second kappa shape index (κ2) is 4.18. The molecule has 2 rings (SSSR count). The highest BCUT2D eigenvalue weighted by atomic mass is 35.5. The zero-order valence-electron chi connectivity index (χ0n) is 8.06. The molecule has 1 unspecified atom stereocenters. The van der Waals surface area contributed by atoms with Gasteiger partial charge in [-0.2, -0.15) is 0 Å². The van der Waals surface area contributed by atoms with Crippen molar-refractivity contribution in [2.24, 2.45) is 5.73 Å². The molecule has 5 heteroatoms. The van der Waals surface area contributed by atoms with E-state index in [1.165, 1.54) is 0 Å². The maximum Gasteiger partial charge on any atom is 0.261 e. The first-order valence-corrected chi connectivity index (χ1v) is 4.52. The number of nitrogens with one attached hydrogen (secondary N) is 1. The Labute approximate surface area is 93.9 Å². The van der Waals surface area contributed by atoms with Gasteiger partial charge in [-0.25, -0.2) is 0 Å². The van der Waals surface area contributed by atoms with E-state index in [0.29, 0.717) is 11.3 Å². The summed E-state index contributed by atoms with van der Waals surface area (Å²) >= 11 is 0. The Hall–Kier alpha value is -1.10. The molecule has 1 aromatic rings. The number of carbonyl (C=O) groups is 1. The fourth-order valence-electron chi connectivity index (χ4n) is 1.76. The maximum atomic E-state index is 11.5. The van der Waals surface area contributed by atoms with E-state index < -0.39 is 5.60 Å². The van der Waals surface area contributed by atoms with Gasteiger partial charge in [-0.05, 0) is 12.6 Å². The standard InChI is InChI=1S/C10H12N2O2.ClH/c11-6-5-10(14)7-3-1-2-4-8(7)12-9(10)13;/h1-4,14H,5-6,11H2,(H,12,13);1H. The highest BCUT2D eigenvalue weighted by Crippen LogP contribution is 2.37. The van der Waals surface area contributed by atoms with Crippen molar-refractivity contribution in [3.63, 3.8) is 0 Å². The minimum absolute atomic E-state index is 0. The van der Waals surface area contributed by atoms with Gasteiger partial charge < -0.3 is 16.2 Å². The van der Waals surface area contributed by atoms with Crippen molar-refractivity contribution >= 4 is 24.0 Å². The van der Waals surface area contributed by atoms with Gasteiger partial charge in [0.25, 0.3) is 5.91 Å². The molecule has 15 heavy (non-hydrogen) atoms. The lowest BCUT2D eigenvalue weighted by Gasteiger charge is -2.19. The van der Waals surface area contributed by atoms with Gasteiger partial charge in [0.2, 0.25) is 0 Å². The number of para-hydroxylation sites is 1. The molecule has 0 radical (unpaired) electrons. The average Bonchev–Trinajstić information content (AvgIpc) is 2.41. The van der Waals surface area contributed by atoms with Gasteiger partial charge >= 0.3 is 0 Å². The van der Waals surface area contributed by atoms with Crippen LogP contribution < -0.4 is 11.1 Å². The third-order valence-electron chi connectivity index (χ3n) is 2.50. The van der Waals surface area contributed by atoms with Crippen molar-refractivity contribution < 1.29 is 9.90 Å². The minimum Gasteiger partial charge on any atom is -0.375 e. The van der Waals surface area contributed by atoms with Gasteiger partial charge in [-0.15, -0.1) is 12.4 Å². The Morgan fingerprint density at radius 3 is 2.73 bits per heavy atom. The van der Waals surface area contributed by atoms with Gasteiger partial charge in [0.05, 0.1) is 0 Å². The van der Waals surface area contributed by atoms with E-state index in [1.54, 1.807) is 18.2 Å². The van der Waals surface area contributed by atoms with E-state index in [9.17, 15) is 9.90 Å². The van der Waals surface area contributed by atoms with Crippen molar-refractivity contribution in [1.82, 2.24) is 0 Å². The summed E-state index contributed by atoms with van der Waals surface area (Å²) in [6.45, 7) is 0.276. The highest BCUT2D eigenvalue weighted by Gasteiger charge is 2.43. The number of hydrogen-bond donors (Lipinski definition) is 3. The summed E-state index contributed by atoms with van der Waals surface area (Å²) in [6.07, 6.45) is 0.246. The molecular weight excluding hydrogens is 216 g/mol. The molecule has 1 atom stereocenters. The number of anilines is 1. The predicted octanol–water partition coefficient (Wildman–Crippen LogP) is 0.597. The van der Waals surface area contributed by atoms with Crippen molar-refractivity contribution in [2.45, 2.75) is 12.0 Å². The van der Waals surface area contributed by atoms with Crippen LogP contribution in [-0.4, -0.2) is 17.6 Å². The first-order chi connectivity index (χ1) is 6.68. The summed E-state index contributed by atoms with van der Waals surface area (Å²) in [6, 6.07) is 7.11. The maximum absolute atomic E-state index is 11.5. The predicted molar refractivity (Wildman–Crippen MR) is 59.9 cm³/mol. The molecule has 82 valence electrons. The van der Waals surface area contributed by atoms with Crippen LogP contribution >= 0.6 is 12.4 Å². The number of nitrogens with two attached hydrogens (primary N) is 1. The second-order valence-electron chi connectivity index (χ2n) is 3.40. The van der Waals surface area contributed by atoms with E-state index in [0.717, 1.165) is 0 Å². The molecule has 0 fully saturated rings. The topological polar surface area (TPSA) is 75.3 Å². The summed E-state index contributed by atoms with van der Waals surface area (Å²) in [5.74, 6) is -0.385. The first kappa shape index (κ1) is 12.0. The third-order valence-corrected chi connectivity index (χ3v) is 2.50. The van der Waals surface area contributed by atoms with Crippen molar-refractivity contribution in [2.75, 3.05) is 11.9 Å². The van der Waals surface area contributed by atoms with Crippen molar-refractivity contribution in [3.05, 3.63) is 29.8 Å². The minimum atomic E-state index is -1.44. The van der Waals surface area contributed by atoms with Gasteiger partial charge in [0, 0.05) is 17.7 Å². The van der Waals surface area contributed by atoms with E-state index in [-0.39, 0.29) is 31.3 Å². The van der Waals surface area contributed by atoms with Crippen LogP contribution in [0.25, 0.3) is 0 Å². The molecule has 0 saturated heterocycles. The average molecular weight is 229 g/mol. The molecule has 0 aromatic heterocycles. The fourth-order valence-corrected chi connectivity index (χ4v) is 1.76. The van der Waals surface area contributed by atoms with Crippen LogP contribution in [0.2, 0.25) is 0 Å². The zero-order chi connectivity index (χ0) is 10.2. The number of halogens is 1. The second-order valence-corrected chi connectivity index (χ2v) is 3.40. The summed E-state index contributed by atoms with van der Waals surface area (Å²) in [4.78, 5) is 11.5. The Balaban J connectivity index is 0.00000112. The highest BCUT2D eigenvalue weighted by molar-refractivity contribution is 6.04. The zero-order valence-corrected chi connectivity index (χ0v) is 8.88. The molecule has 1 heterocycles. The first-order valence-electron chi connectivity index (χ1n) is 4.52. The van der Waals surface area contributed by atoms with Crippen LogP contribution in [0, 0.1) is 0 Å². The summed E-state index contributed by atoms with van der Waals surface area (Å²) in [5.41, 5.74) is 5.23. The Morgan fingerprint density at radius 2 is 2.07 bits per heavy atom. The van der Waals surface area contributed by atoms with Crippen LogP contribution in [0.15, 0.2) is 24.3 Å². The Morgan fingerprint density at radius 1 is 1.40 bits per heavy atom. The van der Waals surface area contributed by atoms with Gasteiger partial charge in [0.15, 0.2) is 5.60 Å². The molecule has 0 saturated carbocycles. The smallest absolute Gasteiger partial charge is 0.261 e. The third kappa shape index (κ3) is 1.71. The van der Waals surface area contributed by atoms with Crippen LogP contribution in [0.5, 0.6) is 0 Å². The van der Waals surface area contributed by atoms with Crippen molar-refractivity contribution in [1.29, 1.82) is 0 Å². The SMILES string of the molecule is Cl.NCCC1(O)C(=O)Nc2ccccc21. The number of amides is 1. The molecule has 1 aliphatic heterocycles. The molecular formula is C10H13ClN2O2. The molecule has 0 spiro atoms. The molecule has 4 nitrogen and oxygen atoms in total. The summed E-state index contributed by atoms with van der Waals surface area (Å²) < 4.78 is 0. The Kier molecular flexibility index (Phi) is 3.34. The number of hydrogen-bond acceptors (Lipinski definition) is 3. The normalized spacial score (nSPS) is 22.9. The van der Waals surface area contributed by atoms with Crippen molar-refractivity contribution in [3.8, 4) is 0 Å². The van der Waals surface area contributed by atoms with Crippen LogP contribution in [0.4, 0.5) is 5.69 Å². The lowest BCUT2D eigenvalue weighted by molar-refractivity contribution is -0.134. The number of aliphatic hydroxyl groups is 1. The van der Waals surface area contributed by atoms with Gasteiger partial charge in [0.1, 0.15) is 0 Å². The molecule has 0 aliphatic carbocycles. The van der Waals surface area contributed by atoms with Gasteiger partial charge in [-0.3, -0.25) is 4.79 Å². The number of rotatable bonds is 2. The van der Waals surface area contributed by atoms with E-state index >= 15 is 0 Å². The van der Waals surface area contributed by atoms with Crippen LogP contribution in [0.1, 0.15) is 12.0 Å². The van der Waals surface area contributed by atoms with E-state index in [2.05, 4.69) is 5.32 Å². The quantitative estimate of drug-likeness (QED) is 0.694. The largest absolute Gasteiger partial charge is 0.375 e. The monoisotopic (exact) mass is 228 g/mol. The molecule has 4 N–H and O–H groups in total. The number of benzene rings is 1. The molecule has 1 aromatic carbocycles.